The first kappa shape index (κ1) is 36.6. The summed E-state index contributed by atoms with van der Waals surface area (Å²) in [5, 5.41) is 8.03. The Morgan fingerprint density at radius 1 is 0.385 bits per heavy atom. The molecule has 0 bridgehead atoms. The minimum Gasteiger partial charge on any atom is -0.478 e. The van der Waals surface area contributed by atoms with Crippen LogP contribution in [0.2, 0.25) is 0 Å². The molecule has 0 saturated heterocycles. The molecule has 0 amide bonds. The Morgan fingerprint density at radius 3 is 0.744 bits per heavy atom. The molecule has 2 nitrogen and oxygen atoms in total. The van der Waals surface area contributed by atoms with Crippen LogP contribution in [0.25, 0.3) is 0 Å². The number of carboxylic acid groups (broad SMARTS) is 1. The molecule has 0 aromatic heterocycles. The van der Waals surface area contributed by atoms with Gasteiger partial charge in [-0.2, -0.15) is 101 Å². The molecule has 0 aromatic rings. The second kappa shape index (κ2) is 8.80. The third kappa shape index (κ3) is 4.22. The summed E-state index contributed by atoms with van der Waals surface area (Å²) >= 11 is 0. The van der Waals surface area contributed by atoms with Gasteiger partial charge in [0.1, 0.15) is 5.57 Å². The molecule has 1 N–H and O–H groups in total. The number of hydrogen-bond donors (Lipinski definition) is 1. The van der Waals surface area contributed by atoms with Gasteiger partial charge in [-0.15, -0.1) is 0 Å². The molecule has 0 spiro atoms. The van der Waals surface area contributed by atoms with Gasteiger partial charge in [0, 0.05) is 0 Å². The number of halogens is 23. The smallest absolute Gasteiger partial charge is 0.460 e. The number of carbonyl (C=O) groups is 1. The van der Waals surface area contributed by atoms with Gasteiger partial charge in [0.25, 0.3) is 0 Å². The van der Waals surface area contributed by atoms with Crippen molar-refractivity contribution in [3.8, 4) is 0 Å². The summed E-state index contributed by atoms with van der Waals surface area (Å²) in [4.78, 5) is 10.2. The highest BCUT2D eigenvalue weighted by Gasteiger charge is 2.98. The van der Waals surface area contributed by atoms with Crippen LogP contribution in [0.1, 0.15) is 0 Å². The summed E-state index contributed by atoms with van der Waals surface area (Å²) < 4.78 is 302. The van der Waals surface area contributed by atoms with Crippen LogP contribution in [0.3, 0.4) is 0 Å². The zero-order valence-electron chi connectivity index (χ0n) is 16.8. The molecule has 25 heteroatoms. The van der Waals surface area contributed by atoms with Crippen molar-refractivity contribution in [2.45, 2.75) is 65.4 Å². The molecule has 0 aliphatic rings. The van der Waals surface area contributed by atoms with Crippen molar-refractivity contribution in [2.24, 2.45) is 0 Å². The molecule has 0 aromatic carbocycles. The van der Waals surface area contributed by atoms with Crippen LogP contribution in [0.5, 0.6) is 0 Å². The third-order valence-electron chi connectivity index (χ3n) is 4.54. The summed E-state index contributed by atoms with van der Waals surface area (Å²) in [6.45, 7) is 1.43. The van der Waals surface area contributed by atoms with E-state index in [0.717, 1.165) is 0 Å². The van der Waals surface area contributed by atoms with Crippen molar-refractivity contribution in [3.05, 3.63) is 12.2 Å². The summed E-state index contributed by atoms with van der Waals surface area (Å²) in [6.07, 6.45) is -8.13. The number of alkyl halides is 23. The Kier molecular flexibility index (Phi) is 8.26. The quantitative estimate of drug-likeness (QED) is 0.187. The lowest BCUT2D eigenvalue weighted by Gasteiger charge is -2.45. The van der Waals surface area contributed by atoms with Gasteiger partial charge < -0.3 is 5.11 Å². The highest BCUT2D eigenvalue weighted by atomic mass is 19.4. The third-order valence-corrected chi connectivity index (χ3v) is 4.54. The van der Waals surface area contributed by atoms with E-state index in [1.165, 1.54) is 6.58 Å². The number of carboxylic acids is 1. The van der Waals surface area contributed by atoms with Crippen LogP contribution in [-0.4, -0.2) is 76.5 Å². The van der Waals surface area contributed by atoms with Gasteiger partial charge in [-0.3, -0.25) is 0 Å². The predicted octanol–water partition coefficient (Wildman–Crippen LogP) is 7.54. The average Bonchev–Trinajstić information content (AvgIpc) is 2.70. The van der Waals surface area contributed by atoms with E-state index in [-0.39, 0.29) is 0 Å². The lowest BCUT2D eigenvalue weighted by molar-refractivity contribution is -0.477. The van der Waals surface area contributed by atoms with Crippen LogP contribution in [0.4, 0.5) is 101 Å². The number of rotatable bonds is 11. The molecule has 0 aliphatic heterocycles. The molecule has 0 saturated carbocycles. The highest BCUT2D eigenvalue weighted by Crippen LogP contribution is 2.67. The molecular weight excluding hydrogens is 637 g/mol. The summed E-state index contributed by atoms with van der Waals surface area (Å²) in [7, 11) is 0. The van der Waals surface area contributed by atoms with Crippen molar-refractivity contribution < 1.29 is 111 Å². The summed E-state index contributed by atoms with van der Waals surface area (Å²) in [5.41, 5.74) is -3.61. The van der Waals surface area contributed by atoms with Crippen molar-refractivity contribution >= 4 is 5.97 Å². The van der Waals surface area contributed by atoms with Gasteiger partial charge in [-0.05, 0) is 0 Å². The lowest BCUT2D eigenvalue weighted by atomic mass is 9.84. The molecule has 0 unspecified atom stereocenters. The Balaban J connectivity index is 7.30. The molecule has 0 aliphatic carbocycles. The number of aliphatic carboxylic acids is 1. The Hall–Kier alpha value is -2.40. The molecule has 0 radical (unpaired) electrons. The van der Waals surface area contributed by atoms with E-state index in [2.05, 4.69) is 0 Å². The fourth-order valence-electron chi connectivity index (χ4n) is 2.08. The maximum Gasteiger partial charge on any atom is 0.460 e. The van der Waals surface area contributed by atoms with Gasteiger partial charge >= 0.3 is 71.4 Å². The van der Waals surface area contributed by atoms with Gasteiger partial charge in [-0.1, -0.05) is 6.58 Å². The van der Waals surface area contributed by atoms with E-state index in [1.807, 2.05) is 0 Å². The minimum absolute atomic E-state index is 1.43. The Labute approximate surface area is 196 Å². The fourth-order valence-corrected chi connectivity index (χ4v) is 2.08. The van der Waals surface area contributed by atoms with Gasteiger partial charge in [0.2, 0.25) is 0 Å². The summed E-state index contributed by atoms with van der Waals surface area (Å²) in [5.74, 6) is -93.0. The molecular formula is C14H3F23O2. The SMILES string of the molecule is C=C(C(=O)O)C(F)(F)C(F)(F)C(F)(F)C(F)(F)C(F)(F)C(F)(F)C(F)(F)C(F)(F)C(F)(F)C(F)(F)C(F)(F)F. The summed E-state index contributed by atoms with van der Waals surface area (Å²) in [6, 6.07) is 0. The van der Waals surface area contributed by atoms with Crippen molar-refractivity contribution in [1.29, 1.82) is 0 Å². The van der Waals surface area contributed by atoms with E-state index in [4.69, 9.17) is 5.11 Å². The maximum absolute atomic E-state index is 13.5. The first-order valence-electron chi connectivity index (χ1n) is 8.13. The lowest BCUT2D eigenvalue weighted by Crippen LogP contribution is -2.77. The molecule has 0 atom stereocenters. The second-order valence-corrected chi connectivity index (χ2v) is 7.03. The van der Waals surface area contributed by atoms with Crippen LogP contribution in [0.15, 0.2) is 12.2 Å². The van der Waals surface area contributed by atoms with Crippen molar-refractivity contribution in [1.82, 2.24) is 0 Å². The van der Waals surface area contributed by atoms with Gasteiger partial charge in [0.15, 0.2) is 0 Å². The van der Waals surface area contributed by atoms with Gasteiger partial charge in [-0.25, -0.2) is 4.79 Å². The van der Waals surface area contributed by atoms with E-state index in [9.17, 15) is 106 Å². The minimum atomic E-state index is -9.50. The number of hydrogen-bond acceptors (Lipinski definition) is 1. The molecule has 0 fully saturated rings. The normalized spacial score (nSPS) is 16.4. The maximum atomic E-state index is 13.5. The largest absolute Gasteiger partial charge is 0.478 e. The van der Waals surface area contributed by atoms with E-state index < -0.39 is 76.9 Å². The molecule has 0 heterocycles. The van der Waals surface area contributed by atoms with Crippen molar-refractivity contribution in [3.63, 3.8) is 0 Å². The highest BCUT2D eigenvalue weighted by molar-refractivity contribution is 5.88. The van der Waals surface area contributed by atoms with E-state index in [1.54, 1.807) is 0 Å². The van der Waals surface area contributed by atoms with Crippen LogP contribution >= 0.6 is 0 Å². The zero-order chi connectivity index (χ0) is 32.7. The van der Waals surface area contributed by atoms with Crippen LogP contribution in [0, 0.1) is 0 Å². The second-order valence-electron chi connectivity index (χ2n) is 7.03. The Bertz CT molecular complexity index is 970. The molecule has 0 rings (SSSR count). The predicted molar refractivity (Wildman–Crippen MR) is 72.3 cm³/mol. The first-order chi connectivity index (χ1) is 16.4. The first-order valence-corrected chi connectivity index (χ1v) is 8.13. The Morgan fingerprint density at radius 2 is 0.564 bits per heavy atom. The zero-order valence-corrected chi connectivity index (χ0v) is 16.8. The fraction of sp³-hybridized carbons (Fsp3) is 0.786. The van der Waals surface area contributed by atoms with Gasteiger partial charge in [0.05, 0.1) is 0 Å². The van der Waals surface area contributed by atoms with Crippen LogP contribution in [-0.2, 0) is 4.79 Å². The van der Waals surface area contributed by atoms with E-state index >= 15 is 0 Å². The standard InChI is InChI=1S/C14H3F23O2/c1-2(3(38)39)4(15,16)5(17,18)6(19,20)7(21,22)8(23,24)9(25,26)10(27,28)11(29,30)12(31,32)13(33,34)14(35,36)37/h1H2,(H,38,39). The van der Waals surface area contributed by atoms with Crippen LogP contribution < -0.4 is 0 Å². The topological polar surface area (TPSA) is 37.3 Å². The average molecular weight is 640 g/mol. The van der Waals surface area contributed by atoms with Crippen molar-refractivity contribution in [2.75, 3.05) is 0 Å². The van der Waals surface area contributed by atoms with E-state index in [0.29, 0.717) is 0 Å². The molecule has 232 valence electrons. The molecule has 39 heavy (non-hydrogen) atoms. The monoisotopic (exact) mass is 640 g/mol.